The number of alkyl halides is 2. The zero-order valence-corrected chi connectivity index (χ0v) is 20.7. The minimum atomic E-state index is -2.91. The summed E-state index contributed by atoms with van der Waals surface area (Å²) in [6.07, 6.45) is -0.292. The van der Waals surface area contributed by atoms with E-state index >= 15 is 0 Å². The van der Waals surface area contributed by atoms with Crippen molar-refractivity contribution in [1.82, 2.24) is 24.4 Å². The molecule has 0 aliphatic heterocycles. The molecule has 1 N–H and O–H groups in total. The van der Waals surface area contributed by atoms with Gasteiger partial charge >= 0.3 is 0 Å². The lowest BCUT2D eigenvalue weighted by Crippen LogP contribution is -2.14. The van der Waals surface area contributed by atoms with Crippen molar-refractivity contribution in [2.45, 2.75) is 13.0 Å². The van der Waals surface area contributed by atoms with Gasteiger partial charge in [-0.25, -0.2) is 22.7 Å². The molecule has 0 atom stereocenters. The van der Waals surface area contributed by atoms with Crippen molar-refractivity contribution in [1.29, 1.82) is 0 Å². The molecular formula is C24H14Cl3F3N6O. The predicted octanol–water partition coefficient (Wildman–Crippen LogP) is 6.93. The van der Waals surface area contributed by atoms with Crippen LogP contribution in [0.25, 0.3) is 16.9 Å². The van der Waals surface area contributed by atoms with E-state index in [1.807, 2.05) is 0 Å². The number of hydrogen-bond donors (Lipinski definition) is 1. The molecule has 0 spiro atoms. The Hall–Kier alpha value is -3.60. The Bertz CT molecular complexity index is 1640. The van der Waals surface area contributed by atoms with Crippen LogP contribution in [0.3, 0.4) is 0 Å². The number of carbonyl (C=O) groups is 1. The number of anilines is 1. The van der Waals surface area contributed by atoms with E-state index < -0.39 is 23.8 Å². The maximum absolute atomic E-state index is 13.8. The Balaban J connectivity index is 1.46. The van der Waals surface area contributed by atoms with Gasteiger partial charge in [0.05, 0.1) is 18.4 Å². The molecule has 3 aromatic heterocycles. The van der Waals surface area contributed by atoms with Crippen molar-refractivity contribution in [3.8, 4) is 11.3 Å². The first-order valence-electron chi connectivity index (χ1n) is 10.6. The van der Waals surface area contributed by atoms with Crippen molar-refractivity contribution >= 4 is 52.2 Å². The molecule has 0 saturated heterocycles. The predicted molar refractivity (Wildman–Crippen MR) is 134 cm³/mol. The van der Waals surface area contributed by atoms with Crippen LogP contribution < -0.4 is 5.32 Å². The van der Waals surface area contributed by atoms with E-state index in [0.29, 0.717) is 15.6 Å². The molecule has 0 unspecified atom stereocenters. The summed E-state index contributed by atoms with van der Waals surface area (Å²) in [6.45, 7) is 0.253. The number of amides is 1. The third-order valence-electron chi connectivity index (χ3n) is 5.40. The lowest BCUT2D eigenvalue weighted by atomic mass is 10.1. The number of aromatic nitrogens is 5. The molecule has 7 nitrogen and oxygen atoms in total. The SMILES string of the molecule is O=C(Nc1nn(Cc2ccc(Cl)cc2Cl)cc1Cl)c1cnn2c(C(F)F)cc(-c3ccc(F)cc3)nc12. The van der Waals surface area contributed by atoms with Crippen LogP contribution in [0.4, 0.5) is 19.0 Å². The first-order chi connectivity index (χ1) is 17.7. The Labute approximate surface area is 222 Å². The molecule has 3 heterocycles. The molecular weight excluding hydrogens is 552 g/mol. The summed E-state index contributed by atoms with van der Waals surface area (Å²) in [7, 11) is 0. The van der Waals surface area contributed by atoms with Crippen LogP contribution in [0.2, 0.25) is 15.1 Å². The highest BCUT2D eigenvalue weighted by molar-refractivity contribution is 6.35. The van der Waals surface area contributed by atoms with E-state index in [4.69, 9.17) is 34.8 Å². The Kier molecular flexibility index (Phi) is 6.80. The smallest absolute Gasteiger partial charge is 0.280 e. The monoisotopic (exact) mass is 564 g/mol. The molecule has 0 fully saturated rings. The first-order valence-corrected chi connectivity index (χ1v) is 11.7. The third-order valence-corrected chi connectivity index (χ3v) is 6.27. The van der Waals surface area contributed by atoms with Gasteiger partial charge in [0.25, 0.3) is 12.3 Å². The lowest BCUT2D eigenvalue weighted by molar-refractivity contribution is 0.102. The third kappa shape index (κ3) is 5.13. The summed E-state index contributed by atoms with van der Waals surface area (Å²) in [5, 5.41) is 11.8. The van der Waals surface area contributed by atoms with Crippen molar-refractivity contribution < 1.29 is 18.0 Å². The minimum absolute atomic E-state index is 0.0416. The van der Waals surface area contributed by atoms with Gasteiger partial charge in [0.1, 0.15) is 22.1 Å². The van der Waals surface area contributed by atoms with Crippen LogP contribution in [0.15, 0.2) is 60.9 Å². The molecule has 37 heavy (non-hydrogen) atoms. The molecule has 5 aromatic rings. The molecule has 0 aliphatic rings. The van der Waals surface area contributed by atoms with E-state index in [1.165, 1.54) is 35.1 Å². The fourth-order valence-corrected chi connectivity index (χ4v) is 4.30. The molecule has 0 saturated carbocycles. The lowest BCUT2D eigenvalue weighted by Gasteiger charge is -2.08. The topological polar surface area (TPSA) is 77.1 Å². The molecule has 188 valence electrons. The molecule has 1 amide bonds. The second kappa shape index (κ2) is 10.0. The quantitative estimate of drug-likeness (QED) is 0.242. The van der Waals surface area contributed by atoms with Gasteiger partial charge in [-0.3, -0.25) is 9.48 Å². The summed E-state index contributed by atoms with van der Waals surface area (Å²) in [5.41, 5.74) is 0.559. The number of nitrogens with zero attached hydrogens (tertiary/aromatic N) is 5. The second-order valence-corrected chi connectivity index (χ2v) is 9.13. The summed E-state index contributed by atoms with van der Waals surface area (Å²) < 4.78 is 43.3. The number of fused-ring (bicyclic) bond motifs is 1. The van der Waals surface area contributed by atoms with Gasteiger partial charge in [-0.05, 0) is 48.0 Å². The van der Waals surface area contributed by atoms with Crippen molar-refractivity contribution in [2.75, 3.05) is 5.32 Å². The van der Waals surface area contributed by atoms with E-state index in [2.05, 4.69) is 20.5 Å². The highest BCUT2D eigenvalue weighted by Gasteiger charge is 2.23. The minimum Gasteiger partial charge on any atom is -0.304 e. The van der Waals surface area contributed by atoms with Crippen molar-refractivity contribution in [2.24, 2.45) is 0 Å². The first kappa shape index (κ1) is 25.1. The standard InChI is InChI=1S/C24H14Cl3F3N6O/c25-14-4-1-13(17(26)7-14)10-35-11-18(27)22(34-35)33-24(37)16-9-31-36-20(21(29)30)8-19(32-23(16)36)12-2-5-15(28)6-3-12/h1-9,11,21H,10H2,(H,33,34,37). The van der Waals surface area contributed by atoms with E-state index in [0.717, 1.165) is 22.3 Å². The molecule has 13 heteroatoms. The second-order valence-electron chi connectivity index (χ2n) is 7.88. The van der Waals surface area contributed by atoms with Crippen LogP contribution in [0, 0.1) is 5.82 Å². The summed E-state index contributed by atoms with van der Waals surface area (Å²) in [4.78, 5) is 17.4. The van der Waals surface area contributed by atoms with Gasteiger partial charge in [0.2, 0.25) is 0 Å². The van der Waals surface area contributed by atoms with E-state index in [1.54, 1.807) is 18.2 Å². The highest BCUT2D eigenvalue weighted by atomic mass is 35.5. The van der Waals surface area contributed by atoms with E-state index in [-0.39, 0.29) is 34.3 Å². The van der Waals surface area contributed by atoms with Crippen LogP contribution in [-0.2, 0) is 6.54 Å². The maximum atomic E-state index is 13.8. The number of rotatable bonds is 6. The number of benzene rings is 2. The maximum Gasteiger partial charge on any atom is 0.280 e. The largest absolute Gasteiger partial charge is 0.304 e. The Morgan fingerprint density at radius 3 is 2.49 bits per heavy atom. The number of hydrogen-bond acceptors (Lipinski definition) is 4. The van der Waals surface area contributed by atoms with Crippen LogP contribution >= 0.6 is 34.8 Å². The summed E-state index contributed by atoms with van der Waals surface area (Å²) in [6, 6.07) is 11.3. The van der Waals surface area contributed by atoms with Gasteiger partial charge in [-0.1, -0.05) is 40.9 Å². The Morgan fingerprint density at radius 1 is 1.03 bits per heavy atom. The molecule has 5 rings (SSSR count). The zero-order chi connectivity index (χ0) is 26.3. The van der Waals surface area contributed by atoms with E-state index in [9.17, 15) is 18.0 Å². The van der Waals surface area contributed by atoms with Gasteiger partial charge in [-0.2, -0.15) is 10.2 Å². The molecule has 2 aromatic carbocycles. The number of halogens is 6. The number of carbonyl (C=O) groups excluding carboxylic acids is 1. The normalized spacial score (nSPS) is 11.4. The van der Waals surface area contributed by atoms with Gasteiger partial charge in [-0.15, -0.1) is 0 Å². The molecule has 0 aliphatic carbocycles. The molecule has 0 radical (unpaired) electrons. The van der Waals surface area contributed by atoms with Gasteiger partial charge in [0, 0.05) is 21.8 Å². The summed E-state index contributed by atoms with van der Waals surface area (Å²) in [5.74, 6) is -1.16. The fourth-order valence-electron chi connectivity index (χ4n) is 3.63. The van der Waals surface area contributed by atoms with Crippen LogP contribution in [-0.4, -0.2) is 30.3 Å². The highest BCUT2D eigenvalue weighted by Crippen LogP contribution is 2.28. The average Bonchev–Trinajstić information content (AvgIpc) is 3.43. The molecule has 0 bridgehead atoms. The average molecular weight is 566 g/mol. The van der Waals surface area contributed by atoms with Gasteiger partial charge in [0.15, 0.2) is 11.5 Å². The zero-order valence-electron chi connectivity index (χ0n) is 18.5. The number of nitrogens with one attached hydrogen (secondary N) is 1. The van der Waals surface area contributed by atoms with Crippen LogP contribution in [0.5, 0.6) is 0 Å². The fraction of sp³-hybridized carbons (Fsp3) is 0.0833. The van der Waals surface area contributed by atoms with Gasteiger partial charge < -0.3 is 5.32 Å². The summed E-state index contributed by atoms with van der Waals surface area (Å²) >= 11 is 18.4. The van der Waals surface area contributed by atoms with Crippen LogP contribution in [0.1, 0.15) is 28.0 Å². The van der Waals surface area contributed by atoms with Crippen molar-refractivity contribution in [3.05, 3.63) is 98.6 Å². The van der Waals surface area contributed by atoms with Crippen molar-refractivity contribution in [3.63, 3.8) is 0 Å². The Morgan fingerprint density at radius 2 is 1.78 bits per heavy atom.